The molecule has 130 valence electrons. The first-order valence-electron chi connectivity index (χ1n) is 8.47. The number of aromatic nitrogens is 1. The Hall–Kier alpha value is -2.81. The zero-order valence-electron chi connectivity index (χ0n) is 14.4. The molecule has 1 aromatic heterocycles. The fraction of sp³-hybridized carbons (Fsp3) is 0.421. The Morgan fingerprint density at radius 1 is 1.28 bits per heavy atom. The summed E-state index contributed by atoms with van der Waals surface area (Å²) >= 11 is 0. The molecule has 3 rings (SSSR count). The summed E-state index contributed by atoms with van der Waals surface area (Å²) in [6, 6.07) is 9.51. The van der Waals surface area contributed by atoms with Crippen LogP contribution < -0.4 is 10.1 Å². The number of oxazole rings is 1. The van der Waals surface area contributed by atoms with E-state index in [2.05, 4.69) is 16.4 Å². The van der Waals surface area contributed by atoms with Gasteiger partial charge in [-0.05, 0) is 44.7 Å². The summed E-state index contributed by atoms with van der Waals surface area (Å²) in [4.78, 5) is 16.4. The van der Waals surface area contributed by atoms with Crippen LogP contribution in [0.3, 0.4) is 0 Å². The maximum Gasteiger partial charge on any atom is 0.289 e. The minimum absolute atomic E-state index is 0.0666. The molecule has 1 saturated carbocycles. The van der Waals surface area contributed by atoms with E-state index in [1.54, 1.807) is 19.9 Å². The van der Waals surface area contributed by atoms with Crippen molar-refractivity contribution < 1.29 is 13.9 Å². The zero-order valence-corrected chi connectivity index (χ0v) is 14.4. The summed E-state index contributed by atoms with van der Waals surface area (Å²) in [5, 5.41) is 12.1. The number of ether oxygens (including phenoxy) is 1. The number of benzene rings is 1. The number of carbonyl (C=O) groups is 1. The molecule has 1 amide bonds. The van der Waals surface area contributed by atoms with Gasteiger partial charge in [0.1, 0.15) is 11.8 Å². The maximum absolute atomic E-state index is 12.3. The van der Waals surface area contributed by atoms with E-state index in [0.29, 0.717) is 28.7 Å². The molecule has 6 nitrogen and oxygen atoms in total. The van der Waals surface area contributed by atoms with Gasteiger partial charge in [-0.3, -0.25) is 4.79 Å². The predicted molar refractivity (Wildman–Crippen MR) is 91.3 cm³/mol. The molecule has 1 aliphatic rings. The van der Waals surface area contributed by atoms with E-state index in [1.807, 2.05) is 18.2 Å². The van der Waals surface area contributed by atoms with Crippen molar-refractivity contribution >= 4 is 5.91 Å². The molecule has 1 aromatic carbocycles. The van der Waals surface area contributed by atoms with Crippen molar-refractivity contribution in [3.63, 3.8) is 0 Å². The lowest BCUT2D eigenvalue weighted by Crippen LogP contribution is -2.39. The fourth-order valence-electron chi connectivity index (χ4n) is 3.16. The Bertz CT molecular complexity index is 798. The van der Waals surface area contributed by atoms with E-state index in [1.165, 1.54) is 0 Å². The Labute approximate surface area is 146 Å². The molecule has 2 aromatic rings. The highest BCUT2D eigenvalue weighted by atomic mass is 16.5. The van der Waals surface area contributed by atoms with Crippen LogP contribution >= 0.6 is 0 Å². The number of nitrogens with one attached hydrogen (secondary N) is 1. The monoisotopic (exact) mass is 339 g/mol. The average molecular weight is 339 g/mol. The number of amides is 1. The lowest BCUT2D eigenvalue weighted by Gasteiger charge is -2.29. The van der Waals surface area contributed by atoms with Gasteiger partial charge < -0.3 is 14.5 Å². The number of aryl methyl sites for hydroxylation is 2. The Morgan fingerprint density at radius 3 is 2.64 bits per heavy atom. The molecular formula is C19H21N3O3. The van der Waals surface area contributed by atoms with Crippen molar-refractivity contribution in [3.8, 4) is 11.8 Å². The van der Waals surface area contributed by atoms with Crippen LogP contribution in [0.2, 0.25) is 0 Å². The number of hydrogen-bond donors (Lipinski definition) is 1. The molecule has 6 heteroatoms. The van der Waals surface area contributed by atoms with Crippen LogP contribution in [0.1, 0.15) is 53.4 Å². The van der Waals surface area contributed by atoms with Crippen molar-refractivity contribution in [2.24, 2.45) is 0 Å². The van der Waals surface area contributed by atoms with E-state index in [-0.39, 0.29) is 18.1 Å². The first kappa shape index (κ1) is 17.0. The molecule has 0 radical (unpaired) electrons. The van der Waals surface area contributed by atoms with Crippen molar-refractivity contribution in [2.45, 2.75) is 51.7 Å². The molecule has 0 atom stereocenters. The molecule has 1 N–H and O–H groups in total. The number of para-hydroxylation sites is 1. The van der Waals surface area contributed by atoms with E-state index < -0.39 is 0 Å². The lowest BCUT2D eigenvalue weighted by molar-refractivity contribution is 0.0865. The van der Waals surface area contributed by atoms with Gasteiger partial charge in [-0.1, -0.05) is 12.1 Å². The van der Waals surface area contributed by atoms with E-state index in [4.69, 9.17) is 14.4 Å². The molecule has 25 heavy (non-hydrogen) atoms. The number of rotatable bonds is 4. The second-order valence-corrected chi connectivity index (χ2v) is 6.32. The summed E-state index contributed by atoms with van der Waals surface area (Å²) in [7, 11) is 0. The smallest absolute Gasteiger partial charge is 0.289 e. The normalized spacial score (nSPS) is 19.9. The van der Waals surface area contributed by atoms with Crippen LogP contribution in [0.25, 0.3) is 0 Å². The van der Waals surface area contributed by atoms with Crippen molar-refractivity contribution in [3.05, 3.63) is 47.2 Å². The summed E-state index contributed by atoms with van der Waals surface area (Å²) in [5.74, 6) is 1.21. The highest BCUT2D eigenvalue weighted by molar-refractivity contribution is 5.92. The lowest BCUT2D eigenvalue weighted by atomic mass is 9.92. The first-order chi connectivity index (χ1) is 12.1. The second-order valence-electron chi connectivity index (χ2n) is 6.32. The first-order valence-corrected chi connectivity index (χ1v) is 8.47. The van der Waals surface area contributed by atoms with E-state index in [0.717, 1.165) is 25.7 Å². The van der Waals surface area contributed by atoms with Crippen LogP contribution in [0.5, 0.6) is 5.75 Å². The van der Waals surface area contributed by atoms with Crippen LogP contribution in [0.4, 0.5) is 0 Å². The Morgan fingerprint density at radius 2 is 2.00 bits per heavy atom. The standard InChI is InChI=1S/C19H21N3O3/c1-12-18(24-13(2)21-12)19(23)22-15-7-9-16(10-8-15)25-17-6-4-3-5-14(17)11-20/h3-6,15-16H,7-10H2,1-2H3,(H,22,23). The van der Waals surface area contributed by atoms with Gasteiger partial charge >= 0.3 is 0 Å². The highest BCUT2D eigenvalue weighted by Crippen LogP contribution is 2.26. The van der Waals surface area contributed by atoms with Gasteiger partial charge in [0.15, 0.2) is 5.89 Å². The highest BCUT2D eigenvalue weighted by Gasteiger charge is 2.26. The minimum Gasteiger partial charge on any atom is -0.489 e. The van der Waals surface area contributed by atoms with E-state index in [9.17, 15) is 4.79 Å². The SMILES string of the molecule is Cc1nc(C)c(C(=O)NC2CCC(Oc3ccccc3C#N)CC2)o1. The van der Waals surface area contributed by atoms with Crippen molar-refractivity contribution in [1.82, 2.24) is 10.3 Å². The summed E-state index contributed by atoms with van der Waals surface area (Å²) in [6.07, 6.45) is 3.39. The number of carbonyl (C=O) groups excluding carboxylic acids is 1. The van der Waals surface area contributed by atoms with Gasteiger partial charge in [0.25, 0.3) is 5.91 Å². The van der Waals surface area contributed by atoms with Crippen molar-refractivity contribution in [1.29, 1.82) is 5.26 Å². The number of nitrogens with zero attached hydrogens (tertiary/aromatic N) is 2. The van der Waals surface area contributed by atoms with Gasteiger partial charge in [0.2, 0.25) is 5.76 Å². The number of hydrogen-bond acceptors (Lipinski definition) is 5. The molecule has 1 heterocycles. The largest absolute Gasteiger partial charge is 0.489 e. The molecule has 1 aliphatic carbocycles. The molecule has 1 fully saturated rings. The Kier molecular flexibility index (Phi) is 5.03. The molecular weight excluding hydrogens is 318 g/mol. The van der Waals surface area contributed by atoms with Gasteiger partial charge in [0, 0.05) is 13.0 Å². The maximum atomic E-state index is 12.3. The van der Waals surface area contributed by atoms with Gasteiger partial charge in [-0.15, -0.1) is 0 Å². The molecule has 0 saturated heterocycles. The van der Waals surface area contributed by atoms with Gasteiger partial charge in [-0.2, -0.15) is 5.26 Å². The second kappa shape index (κ2) is 7.39. The summed E-state index contributed by atoms with van der Waals surface area (Å²) in [5.41, 5.74) is 1.16. The fourth-order valence-corrected chi connectivity index (χ4v) is 3.16. The quantitative estimate of drug-likeness (QED) is 0.923. The topological polar surface area (TPSA) is 88.1 Å². The van der Waals surface area contributed by atoms with Gasteiger partial charge in [0.05, 0.1) is 17.4 Å². The van der Waals surface area contributed by atoms with Crippen LogP contribution in [-0.4, -0.2) is 23.0 Å². The molecule has 0 bridgehead atoms. The Balaban J connectivity index is 1.53. The molecule has 0 aliphatic heterocycles. The summed E-state index contributed by atoms with van der Waals surface area (Å²) in [6.45, 7) is 3.49. The molecule has 0 unspecified atom stereocenters. The average Bonchev–Trinajstić information content (AvgIpc) is 2.95. The third kappa shape index (κ3) is 4.00. The third-order valence-corrected chi connectivity index (χ3v) is 4.42. The summed E-state index contributed by atoms with van der Waals surface area (Å²) < 4.78 is 11.3. The van der Waals surface area contributed by atoms with Crippen LogP contribution in [0, 0.1) is 25.2 Å². The third-order valence-electron chi connectivity index (χ3n) is 4.42. The van der Waals surface area contributed by atoms with Gasteiger partial charge in [-0.25, -0.2) is 4.98 Å². The van der Waals surface area contributed by atoms with E-state index >= 15 is 0 Å². The zero-order chi connectivity index (χ0) is 17.8. The molecule has 0 spiro atoms. The number of nitriles is 1. The van der Waals surface area contributed by atoms with Crippen LogP contribution in [-0.2, 0) is 0 Å². The predicted octanol–water partition coefficient (Wildman–Crippen LogP) is 3.28. The van der Waals surface area contributed by atoms with Crippen molar-refractivity contribution in [2.75, 3.05) is 0 Å². The minimum atomic E-state index is -0.211. The van der Waals surface area contributed by atoms with Crippen LogP contribution in [0.15, 0.2) is 28.7 Å².